The molecule has 0 unspecified atom stereocenters. The highest BCUT2D eigenvalue weighted by Crippen LogP contribution is 2.39. The van der Waals surface area contributed by atoms with Gasteiger partial charge in [0.05, 0.1) is 14.2 Å². The molecule has 4 rings (SSSR count). The van der Waals surface area contributed by atoms with Crippen LogP contribution in [-0.2, 0) is 6.54 Å². The smallest absolute Gasteiger partial charge is 0.404 e. The quantitative estimate of drug-likeness (QED) is 0.478. The molecular formula is C20H22BrN5O4. The van der Waals surface area contributed by atoms with Crippen LogP contribution < -0.4 is 20.1 Å². The number of rotatable bonds is 7. The number of carboxylic acid groups (broad SMARTS) is 1. The second-order valence-electron chi connectivity index (χ2n) is 7.10. The molecule has 0 aliphatic heterocycles. The average molecular weight is 476 g/mol. The Kier molecular flexibility index (Phi) is 5.67. The summed E-state index contributed by atoms with van der Waals surface area (Å²) in [6.45, 7) is 0.515. The molecule has 0 spiro atoms. The van der Waals surface area contributed by atoms with E-state index < -0.39 is 6.09 Å². The number of halogens is 1. The van der Waals surface area contributed by atoms with Crippen LogP contribution in [0, 0.1) is 0 Å². The largest absolute Gasteiger partial charge is 0.497 e. The van der Waals surface area contributed by atoms with E-state index in [1.165, 1.54) is 0 Å². The fraction of sp³-hybridized carbons (Fsp3) is 0.350. The number of fused-ring (bicyclic) bond motifs is 1. The Morgan fingerprint density at radius 3 is 2.83 bits per heavy atom. The van der Waals surface area contributed by atoms with Gasteiger partial charge in [-0.3, -0.25) is 4.40 Å². The summed E-state index contributed by atoms with van der Waals surface area (Å²) >= 11 is 3.56. The van der Waals surface area contributed by atoms with Crippen molar-refractivity contribution in [3.05, 3.63) is 46.6 Å². The number of carbonyl (C=O) groups is 1. The second-order valence-corrected chi connectivity index (χ2v) is 7.85. The molecule has 0 bridgehead atoms. The van der Waals surface area contributed by atoms with Crippen LogP contribution in [0.25, 0.3) is 5.52 Å². The Labute approximate surface area is 181 Å². The highest BCUT2D eigenvalue weighted by molar-refractivity contribution is 9.10. The summed E-state index contributed by atoms with van der Waals surface area (Å²) in [4.78, 5) is 20.0. The molecule has 3 N–H and O–H groups in total. The predicted octanol–water partition coefficient (Wildman–Crippen LogP) is 3.63. The number of ether oxygens (including phenoxy) is 2. The van der Waals surface area contributed by atoms with E-state index in [0.717, 1.165) is 41.2 Å². The first kappa shape index (κ1) is 20.3. The maximum Gasteiger partial charge on any atom is 0.404 e. The third-order valence-corrected chi connectivity index (χ3v) is 5.86. The first-order chi connectivity index (χ1) is 14.5. The van der Waals surface area contributed by atoms with Crippen molar-refractivity contribution in [1.29, 1.82) is 0 Å². The Bertz CT molecular complexity index is 1080. The molecular weight excluding hydrogens is 454 g/mol. The third kappa shape index (κ3) is 3.87. The number of nitrogens with one attached hydrogen (secondary N) is 2. The van der Waals surface area contributed by atoms with E-state index in [1.807, 2.05) is 28.8 Å². The Morgan fingerprint density at radius 2 is 2.13 bits per heavy atom. The average Bonchev–Trinajstić information content (AvgIpc) is 3.05. The lowest BCUT2D eigenvalue weighted by molar-refractivity contribution is 0.177. The molecule has 0 radical (unpaired) electrons. The van der Waals surface area contributed by atoms with Gasteiger partial charge in [-0.1, -0.05) is 0 Å². The number of benzene rings is 1. The molecule has 9 nitrogen and oxygen atoms in total. The molecule has 3 aromatic rings. The van der Waals surface area contributed by atoms with Crippen molar-refractivity contribution in [1.82, 2.24) is 19.7 Å². The van der Waals surface area contributed by atoms with Gasteiger partial charge >= 0.3 is 6.09 Å². The number of imidazole rings is 1. The minimum absolute atomic E-state index is 0.0272. The first-order valence-corrected chi connectivity index (χ1v) is 10.3. The summed E-state index contributed by atoms with van der Waals surface area (Å²) in [5, 5.41) is 14.8. The van der Waals surface area contributed by atoms with E-state index in [0.29, 0.717) is 17.0 Å². The van der Waals surface area contributed by atoms with Crippen LogP contribution in [0.4, 0.5) is 10.6 Å². The van der Waals surface area contributed by atoms with Gasteiger partial charge < -0.3 is 25.2 Å². The van der Waals surface area contributed by atoms with Crippen molar-refractivity contribution in [2.24, 2.45) is 0 Å². The van der Waals surface area contributed by atoms with E-state index in [-0.39, 0.29) is 12.0 Å². The predicted molar refractivity (Wildman–Crippen MR) is 114 cm³/mol. The summed E-state index contributed by atoms with van der Waals surface area (Å²) in [6, 6.07) is 5.65. The van der Waals surface area contributed by atoms with Crippen molar-refractivity contribution in [2.75, 3.05) is 19.5 Å². The van der Waals surface area contributed by atoms with Gasteiger partial charge in [-0.05, 0) is 40.9 Å². The zero-order valence-corrected chi connectivity index (χ0v) is 18.1. The van der Waals surface area contributed by atoms with Gasteiger partial charge in [-0.2, -0.15) is 0 Å². The summed E-state index contributed by atoms with van der Waals surface area (Å²) in [6.07, 6.45) is 4.07. The molecule has 2 aromatic heterocycles. The number of nitrogens with zero attached hydrogens (tertiary/aromatic N) is 3. The number of aromatic nitrogens is 3. The number of methoxy groups -OCH3 is 2. The first-order valence-electron chi connectivity index (χ1n) is 9.46. The second kappa shape index (κ2) is 8.39. The highest BCUT2D eigenvalue weighted by Gasteiger charge is 2.35. The summed E-state index contributed by atoms with van der Waals surface area (Å²) in [5.41, 5.74) is 1.81. The Morgan fingerprint density at radius 1 is 1.33 bits per heavy atom. The lowest BCUT2D eigenvalue weighted by Gasteiger charge is -2.34. The van der Waals surface area contributed by atoms with Crippen LogP contribution in [0.1, 0.15) is 30.1 Å². The fourth-order valence-electron chi connectivity index (χ4n) is 3.74. The van der Waals surface area contributed by atoms with E-state index in [1.54, 1.807) is 20.4 Å². The van der Waals surface area contributed by atoms with Crippen LogP contribution in [0.3, 0.4) is 0 Å². The maximum absolute atomic E-state index is 10.8. The standard InChI is InChI=1S/C20H22BrN5O4/c1-29-14-4-3-11(15(9-14)30-2)10-23-18-16-17(21)25-19(26(16)6-5-22-18)12-7-13(8-12)24-20(27)28/h3-6,9,12-13,24H,7-8,10H2,1-2H3,(H,22,23)(H,27,28). The molecule has 1 saturated carbocycles. The van der Waals surface area contributed by atoms with E-state index >= 15 is 0 Å². The number of amides is 1. The van der Waals surface area contributed by atoms with Crippen molar-refractivity contribution in [3.8, 4) is 11.5 Å². The van der Waals surface area contributed by atoms with Crippen molar-refractivity contribution >= 4 is 33.4 Å². The van der Waals surface area contributed by atoms with Crippen molar-refractivity contribution < 1.29 is 19.4 Å². The molecule has 2 heterocycles. The fourth-order valence-corrected chi connectivity index (χ4v) is 4.30. The summed E-state index contributed by atoms with van der Waals surface area (Å²) in [7, 11) is 3.25. The van der Waals surface area contributed by atoms with Gasteiger partial charge in [0.15, 0.2) is 5.82 Å². The normalized spacial score (nSPS) is 18.0. The molecule has 0 atom stereocenters. The molecule has 30 heavy (non-hydrogen) atoms. The van der Waals surface area contributed by atoms with Crippen LogP contribution in [0.2, 0.25) is 0 Å². The molecule has 1 amide bonds. The number of anilines is 1. The zero-order chi connectivity index (χ0) is 21.3. The molecule has 0 saturated heterocycles. The van der Waals surface area contributed by atoms with Crippen molar-refractivity contribution in [2.45, 2.75) is 31.3 Å². The Hall–Kier alpha value is -3.01. The minimum Gasteiger partial charge on any atom is -0.497 e. The number of hydrogen-bond acceptors (Lipinski definition) is 6. The van der Waals surface area contributed by atoms with E-state index in [4.69, 9.17) is 14.6 Å². The Balaban J connectivity index is 1.55. The minimum atomic E-state index is -0.989. The molecule has 158 valence electrons. The van der Waals surface area contributed by atoms with Crippen LogP contribution >= 0.6 is 15.9 Å². The van der Waals surface area contributed by atoms with Gasteiger partial charge in [-0.25, -0.2) is 14.8 Å². The van der Waals surface area contributed by atoms with Gasteiger partial charge in [0.1, 0.15) is 27.4 Å². The van der Waals surface area contributed by atoms with E-state index in [9.17, 15) is 4.79 Å². The SMILES string of the molecule is COc1ccc(CNc2nccn3c(C4CC(NC(=O)O)C4)nc(Br)c23)c(OC)c1. The number of hydrogen-bond donors (Lipinski definition) is 3. The van der Waals surface area contributed by atoms with E-state index in [2.05, 4.69) is 36.5 Å². The molecule has 1 fully saturated rings. The highest BCUT2D eigenvalue weighted by atomic mass is 79.9. The van der Waals surface area contributed by atoms with Crippen LogP contribution in [0.5, 0.6) is 11.5 Å². The lowest BCUT2D eigenvalue weighted by atomic mass is 9.80. The van der Waals surface area contributed by atoms with Crippen LogP contribution in [-0.4, -0.2) is 45.8 Å². The monoisotopic (exact) mass is 475 g/mol. The lowest BCUT2D eigenvalue weighted by Crippen LogP contribution is -2.43. The molecule has 10 heteroatoms. The van der Waals surface area contributed by atoms with Crippen molar-refractivity contribution in [3.63, 3.8) is 0 Å². The molecule has 1 aliphatic rings. The van der Waals surface area contributed by atoms with Gasteiger partial charge in [-0.15, -0.1) is 0 Å². The molecule has 1 aromatic carbocycles. The summed E-state index contributed by atoms with van der Waals surface area (Å²) in [5.74, 6) is 3.25. The molecule has 1 aliphatic carbocycles. The van der Waals surface area contributed by atoms with Gasteiger partial charge in [0.2, 0.25) is 0 Å². The third-order valence-electron chi connectivity index (χ3n) is 5.31. The zero-order valence-electron chi connectivity index (χ0n) is 16.6. The topological polar surface area (TPSA) is 110 Å². The maximum atomic E-state index is 10.8. The van der Waals surface area contributed by atoms with Gasteiger partial charge in [0.25, 0.3) is 0 Å². The van der Waals surface area contributed by atoms with Crippen LogP contribution in [0.15, 0.2) is 35.2 Å². The van der Waals surface area contributed by atoms with Gasteiger partial charge in [0, 0.05) is 42.5 Å². The summed E-state index contributed by atoms with van der Waals surface area (Å²) < 4.78 is 13.4.